The Morgan fingerprint density at radius 3 is 2.57 bits per heavy atom. The average molecular weight is 290 g/mol. The molecule has 1 N–H and O–H groups in total. The number of carboxylic acid groups (broad SMARTS) is 1. The van der Waals surface area contributed by atoms with Crippen molar-refractivity contribution in [3.63, 3.8) is 0 Å². The summed E-state index contributed by atoms with van der Waals surface area (Å²) < 4.78 is 5.99. The minimum absolute atomic E-state index is 0.0785. The van der Waals surface area contributed by atoms with Crippen LogP contribution in [0.3, 0.4) is 0 Å². The Morgan fingerprint density at radius 1 is 1.33 bits per heavy atom. The van der Waals surface area contributed by atoms with Gasteiger partial charge in [0.15, 0.2) is 0 Å². The Bertz CT molecular complexity index is 663. The minimum Gasteiger partial charge on any atom is -0.480 e. The van der Waals surface area contributed by atoms with E-state index in [0.29, 0.717) is 17.1 Å². The maximum absolute atomic E-state index is 11.8. The van der Waals surface area contributed by atoms with Crippen molar-refractivity contribution >= 4 is 11.9 Å². The van der Waals surface area contributed by atoms with Crippen LogP contribution < -0.4 is 0 Å². The van der Waals surface area contributed by atoms with E-state index in [0.717, 1.165) is 4.68 Å². The molecule has 2 aromatic rings. The zero-order valence-electron chi connectivity index (χ0n) is 11.6. The van der Waals surface area contributed by atoms with Gasteiger partial charge in [0.2, 0.25) is 0 Å². The molecule has 2 heterocycles. The maximum atomic E-state index is 11.8. The first kappa shape index (κ1) is 14.6. The van der Waals surface area contributed by atoms with Gasteiger partial charge in [-0.2, -0.15) is 5.10 Å². The van der Waals surface area contributed by atoms with E-state index in [1.165, 1.54) is 6.07 Å². The van der Waals surface area contributed by atoms with Gasteiger partial charge in [0.05, 0.1) is 12.3 Å². The largest absolute Gasteiger partial charge is 0.480 e. The van der Waals surface area contributed by atoms with Crippen LogP contribution in [-0.4, -0.2) is 43.4 Å². The van der Waals surface area contributed by atoms with Gasteiger partial charge < -0.3 is 9.84 Å². The molecule has 8 nitrogen and oxygen atoms in total. The number of aromatic nitrogens is 4. The third-order valence-electron chi connectivity index (χ3n) is 2.63. The number of ether oxygens (including phenoxy) is 1. The third-order valence-corrected chi connectivity index (χ3v) is 2.63. The van der Waals surface area contributed by atoms with Gasteiger partial charge in [-0.3, -0.25) is 4.79 Å². The van der Waals surface area contributed by atoms with Crippen LogP contribution in [-0.2, 0) is 16.1 Å². The van der Waals surface area contributed by atoms with Crippen molar-refractivity contribution < 1.29 is 19.4 Å². The highest BCUT2D eigenvalue weighted by molar-refractivity contribution is 5.89. The van der Waals surface area contributed by atoms with Crippen molar-refractivity contribution in [1.82, 2.24) is 19.7 Å². The van der Waals surface area contributed by atoms with Crippen LogP contribution in [0.5, 0.6) is 0 Å². The Labute approximate surface area is 120 Å². The van der Waals surface area contributed by atoms with Gasteiger partial charge >= 0.3 is 11.9 Å². The highest BCUT2D eigenvalue weighted by Gasteiger charge is 2.19. The van der Waals surface area contributed by atoms with E-state index >= 15 is 0 Å². The number of carboxylic acids is 1. The van der Waals surface area contributed by atoms with Crippen LogP contribution in [0.25, 0.3) is 11.3 Å². The number of aryl methyl sites for hydroxylation is 1. The molecule has 2 aromatic heterocycles. The summed E-state index contributed by atoms with van der Waals surface area (Å²) in [5, 5.41) is 13.0. The van der Waals surface area contributed by atoms with Crippen LogP contribution in [0, 0.1) is 6.92 Å². The second-order valence-corrected chi connectivity index (χ2v) is 4.21. The van der Waals surface area contributed by atoms with Crippen LogP contribution in [0.2, 0.25) is 0 Å². The number of esters is 1. The Balaban J connectivity index is 2.41. The lowest BCUT2D eigenvalue weighted by Gasteiger charge is -2.03. The fourth-order valence-corrected chi connectivity index (χ4v) is 1.70. The van der Waals surface area contributed by atoms with Crippen LogP contribution in [0.1, 0.15) is 23.2 Å². The lowest BCUT2D eigenvalue weighted by Crippen LogP contribution is -2.17. The number of nitrogens with zero attached hydrogens (tertiary/aromatic N) is 4. The topological polar surface area (TPSA) is 107 Å². The zero-order chi connectivity index (χ0) is 15.4. The summed E-state index contributed by atoms with van der Waals surface area (Å²) in [6, 6.07) is 1.47. The minimum atomic E-state index is -1.10. The predicted octanol–water partition coefficient (Wildman–Crippen LogP) is 0.910. The number of hydrogen-bond acceptors (Lipinski definition) is 6. The molecule has 0 atom stereocenters. The summed E-state index contributed by atoms with van der Waals surface area (Å²) in [5.74, 6) is -1.12. The molecule has 0 amide bonds. The van der Waals surface area contributed by atoms with Gasteiger partial charge in [-0.15, -0.1) is 0 Å². The second kappa shape index (κ2) is 6.12. The molecule has 0 saturated heterocycles. The highest BCUT2D eigenvalue weighted by Crippen LogP contribution is 2.18. The first-order valence-corrected chi connectivity index (χ1v) is 6.27. The Kier molecular flexibility index (Phi) is 4.27. The summed E-state index contributed by atoms with van der Waals surface area (Å²) >= 11 is 0. The number of aliphatic carboxylic acids is 1. The molecule has 0 fully saturated rings. The molecule has 0 saturated carbocycles. The lowest BCUT2D eigenvalue weighted by atomic mass is 10.2. The van der Waals surface area contributed by atoms with E-state index in [1.54, 1.807) is 26.2 Å². The summed E-state index contributed by atoms with van der Waals surface area (Å²) in [5.41, 5.74) is 1.09. The van der Waals surface area contributed by atoms with Crippen molar-refractivity contribution in [1.29, 1.82) is 0 Å². The normalized spacial score (nSPS) is 10.4. The predicted molar refractivity (Wildman–Crippen MR) is 71.6 cm³/mol. The van der Waals surface area contributed by atoms with Crippen molar-refractivity contribution in [3.05, 3.63) is 30.0 Å². The summed E-state index contributed by atoms with van der Waals surface area (Å²) in [7, 11) is 0. The van der Waals surface area contributed by atoms with E-state index in [1.807, 2.05) is 0 Å². The van der Waals surface area contributed by atoms with Gasteiger partial charge in [-0.1, -0.05) is 0 Å². The lowest BCUT2D eigenvalue weighted by molar-refractivity contribution is -0.137. The molecule has 2 rings (SSSR count). The average Bonchev–Trinajstić information content (AvgIpc) is 2.83. The van der Waals surface area contributed by atoms with Gasteiger partial charge in [0, 0.05) is 18.0 Å². The van der Waals surface area contributed by atoms with Crippen LogP contribution in [0.4, 0.5) is 0 Å². The number of carbonyl (C=O) groups excluding carboxylic acids is 1. The van der Waals surface area contributed by atoms with E-state index < -0.39 is 18.5 Å². The molecule has 0 bridgehead atoms. The fraction of sp³-hybridized carbons (Fsp3) is 0.308. The zero-order valence-corrected chi connectivity index (χ0v) is 11.6. The molecule has 110 valence electrons. The van der Waals surface area contributed by atoms with E-state index in [9.17, 15) is 9.59 Å². The van der Waals surface area contributed by atoms with Crippen LogP contribution in [0.15, 0.2) is 18.5 Å². The Hall–Kier alpha value is -2.77. The first-order valence-electron chi connectivity index (χ1n) is 6.27. The molecule has 21 heavy (non-hydrogen) atoms. The quantitative estimate of drug-likeness (QED) is 0.815. The standard InChI is InChI=1S/C13H14N4O4/c1-3-21-13(20)11-4-10(16-17(11)7-12(18)19)9-5-14-8(2)15-6-9/h4-6H,3,7H2,1-2H3,(H,18,19). The summed E-state index contributed by atoms with van der Waals surface area (Å²) in [4.78, 5) is 30.8. The summed E-state index contributed by atoms with van der Waals surface area (Å²) in [6.45, 7) is 3.18. The Morgan fingerprint density at radius 2 is 2.00 bits per heavy atom. The smallest absolute Gasteiger partial charge is 0.356 e. The van der Waals surface area contributed by atoms with Gasteiger partial charge in [-0.05, 0) is 19.9 Å². The number of carbonyl (C=O) groups is 2. The van der Waals surface area contributed by atoms with Crippen molar-refractivity contribution in [2.45, 2.75) is 20.4 Å². The maximum Gasteiger partial charge on any atom is 0.356 e. The SMILES string of the molecule is CCOC(=O)c1cc(-c2cnc(C)nc2)nn1CC(=O)O. The summed E-state index contributed by atoms with van der Waals surface area (Å²) in [6.07, 6.45) is 3.12. The van der Waals surface area contributed by atoms with Gasteiger partial charge in [0.25, 0.3) is 0 Å². The molecular formula is C13H14N4O4. The molecule has 0 aliphatic rings. The monoisotopic (exact) mass is 290 g/mol. The van der Waals surface area contributed by atoms with Gasteiger partial charge in [-0.25, -0.2) is 19.4 Å². The molecular weight excluding hydrogens is 276 g/mol. The molecule has 0 spiro atoms. The van der Waals surface area contributed by atoms with E-state index in [2.05, 4.69) is 15.1 Å². The van der Waals surface area contributed by atoms with Crippen LogP contribution >= 0.6 is 0 Å². The van der Waals surface area contributed by atoms with E-state index in [4.69, 9.17) is 9.84 Å². The van der Waals surface area contributed by atoms with Crippen molar-refractivity contribution in [2.24, 2.45) is 0 Å². The second-order valence-electron chi connectivity index (χ2n) is 4.21. The number of hydrogen-bond donors (Lipinski definition) is 1. The van der Waals surface area contributed by atoms with Crippen molar-refractivity contribution in [2.75, 3.05) is 6.61 Å². The molecule has 0 radical (unpaired) electrons. The van der Waals surface area contributed by atoms with Gasteiger partial charge in [0.1, 0.15) is 18.1 Å². The molecule has 8 heteroatoms. The fourth-order valence-electron chi connectivity index (χ4n) is 1.70. The van der Waals surface area contributed by atoms with Crippen molar-refractivity contribution in [3.8, 4) is 11.3 Å². The molecule has 0 aromatic carbocycles. The van der Waals surface area contributed by atoms with E-state index in [-0.39, 0.29) is 12.3 Å². The molecule has 0 aliphatic carbocycles. The molecule has 0 unspecified atom stereocenters. The molecule has 0 aliphatic heterocycles. The third kappa shape index (κ3) is 3.41. The highest BCUT2D eigenvalue weighted by atomic mass is 16.5. The first-order chi connectivity index (χ1) is 10.0. The number of rotatable bonds is 5.